The molecule has 2 aromatic rings. The van der Waals surface area contributed by atoms with E-state index in [9.17, 15) is 27.9 Å². The summed E-state index contributed by atoms with van der Waals surface area (Å²) < 4.78 is 42.8. The van der Waals surface area contributed by atoms with Crippen LogP contribution in [-0.4, -0.2) is 63.1 Å². The van der Waals surface area contributed by atoms with E-state index >= 15 is 0 Å². The number of hydrogen-bond acceptors (Lipinski definition) is 7. The summed E-state index contributed by atoms with van der Waals surface area (Å²) in [6, 6.07) is 0.864. The van der Waals surface area contributed by atoms with Crippen molar-refractivity contribution in [3.05, 3.63) is 28.5 Å². The van der Waals surface area contributed by atoms with Gasteiger partial charge in [0.15, 0.2) is 5.01 Å². The summed E-state index contributed by atoms with van der Waals surface area (Å²) in [5.74, 6) is -0.487. The number of nitrogens with one attached hydrogen (secondary N) is 2. The molecule has 2 amide bonds. The summed E-state index contributed by atoms with van der Waals surface area (Å²) >= 11 is 0.715. The van der Waals surface area contributed by atoms with Gasteiger partial charge in [-0.25, -0.2) is 9.97 Å². The molecule has 2 fully saturated rings. The third-order valence-corrected chi connectivity index (χ3v) is 8.14. The second-order valence-electron chi connectivity index (χ2n) is 10.8. The average Bonchev–Trinajstić information content (AvgIpc) is 3.44. The molecule has 0 unspecified atom stereocenters. The van der Waals surface area contributed by atoms with Crippen molar-refractivity contribution in [1.82, 2.24) is 20.2 Å². The van der Waals surface area contributed by atoms with Gasteiger partial charge in [0.2, 0.25) is 0 Å². The van der Waals surface area contributed by atoms with Crippen LogP contribution in [0.2, 0.25) is 0 Å². The minimum Gasteiger partial charge on any atom is -0.389 e. The standard InChI is InChI=1S/C26H34F3N5O3S/c1-15-6-5-11-34(15)24(36)20-21(38-23(33-20)22(35)32-14-25(2,3)37)17-13-31-19(12-18(17)26(27,28)29)30-10-9-16-7-4-8-16/h12-13,15-16,37H,4-11,14H2,1-3H3,(H,30,31)(H,32,35)/t15-/m0/s1. The molecule has 12 heteroatoms. The molecule has 1 atom stereocenters. The Kier molecular flexibility index (Phi) is 8.32. The number of rotatable bonds is 9. The molecule has 1 aliphatic carbocycles. The lowest BCUT2D eigenvalue weighted by Crippen LogP contribution is -2.38. The molecule has 8 nitrogen and oxygen atoms in total. The van der Waals surface area contributed by atoms with Gasteiger partial charge >= 0.3 is 6.18 Å². The van der Waals surface area contributed by atoms with Crippen molar-refractivity contribution in [2.75, 3.05) is 25.0 Å². The lowest BCUT2D eigenvalue weighted by atomic mass is 9.83. The van der Waals surface area contributed by atoms with E-state index in [4.69, 9.17) is 0 Å². The van der Waals surface area contributed by atoms with E-state index in [2.05, 4.69) is 20.6 Å². The first-order valence-corrected chi connectivity index (χ1v) is 13.8. The Morgan fingerprint density at radius 2 is 1.95 bits per heavy atom. The quantitative estimate of drug-likeness (QED) is 0.406. The number of alkyl halides is 3. The molecule has 4 rings (SSSR count). The highest BCUT2D eigenvalue weighted by Crippen LogP contribution is 2.42. The van der Waals surface area contributed by atoms with Gasteiger partial charge in [-0.15, -0.1) is 11.3 Å². The SMILES string of the molecule is C[C@H]1CCCN1C(=O)c1nc(C(=O)NCC(C)(C)O)sc1-c1cnc(NCCC2CCC2)cc1C(F)(F)F. The van der Waals surface area contributed by atoms with Crippen molar-refractivity contribution in [3.63, 3.8) is 0 Å². The highest BCUT2D eigenvalue weighted by molar-refractivity contribution is 7.17. The molecule has 2 aliphatic rings. The first kappa shape index (κ1) is 28.3. The number of likely N-dealkylation sites (tertiary alicyclic amines) is 1. The van der Waals surface area contributed by atoms with E-state index in [1.807, 2.05) is 6.92 Å². The molecule has 3 N–H and O–H groups in total. The van der Waals surface area contributed by atoms with Crippen molar-refractivity contribution in [2.24, 2.45) is 5.92 Å². The number of hydrogen-bond donors (Lipinski definition) is 3. The summed E-state index contributed by atoms with van der Waals surface area (Å²) in [6.07, 6.45) is 2.29. The maximum Gasteiger partial charge on any atom is 0.417 e. The maximum absolute atomic E-state index is 14.3. The van der Waals surface area contributed by atoms with Crippen LogP contribution in [0, 0.1) is 5.92 Å². The average molecular weight is 554 g/mol. The Bertz CT molecular complexity index is 1170. The number of halogens is 3. The number of amides is 2. The van der Waals surface area contributed by atoms with E-state index in [0.717, 1.165) is 44.4 Å². The van der Waals surface area contributed by atoms with E-state index in [1.165, 1.54) is 20.3 Å². The molecule has 208 valence electrons. The summed E-state index contributed by atoms with van der Waals surface area (Å²) in [4.78, 5) is 36.2. The van der Waals surface area contributed by atoms with Gasteiger partial charge in [-0.05, 0) is 52.0 Å². The Balaban J connectivity index is 1.70. The van der Waals surface area contributed by atoms with Crippen LogP contribution < -0.4 is 10.6 Å². The monoisotopic (exact) mass is 553 g/mol. The first-order chi connectivity index (χ1) is 17.8. The minimum absolute atomic E-state index is 0.0525. The van der Waals surface area contributed by atoms with Gasteiger partial charge in [-0.3, -0.25) is 9.59 Å². The van der Waals surface area contributed by atoms with Crippen LogP contribution in [-0.2, 0) is 6.18 Å². The summed E-state index contributed by atoms with van der Waals surface area (Å²) in [5.41, 5.74) is -2.64. The maximum atomic E-state index is 14.3. The van der Waals surface area contributed by atoms with Crippen molar-refractivity contribution in [2.45, 2.75) is 77.1 Å². The van der Waals surface area contributed by atoms with Gasteiger partial charge in [0.25, 0.3) is 11.8 Å². The molecule has 3 heterocycles. The number of nitrogens with zero attached hydrogens (tertiary/aromatic N) is 3. The van der Waals surface area contributed by atoms with Crippen LogP contribution in [0.15, 0.2) is 12.3 Å². The molecular weight excluding hydrogens is 519 g/mol. The fourth-order valence-electron chi connectivity index (χ4n) is 4.64. The van der Waals surface area contributed by atoms with Crippen molar-refractivity contribution in [1.29, 1.82) is 0 Å². The first-order valence-electron chi connectivity index (χ1n) is 13.0. The van der Waals surface area contributed by atoms with E-state index in [1.54, 1.807) is 4.90 Å². The highest BCUT2D eigenvalue weighted by atomic mass is 32.1. The lowest BCUT2D eigenvalue weighted by Gasteiger charge is -2.25. The second kappa shape index (κ2) is 11.2. The number of anilines is 1. The van der Waals surface area contributed by atoms with Crippen molar-refractivity contribution in [3.8, 4) is 10.4 Å². The zero-order valence-electron chi connectivity index (χ0n) is 21.8. The number of carbonyl (C=O) groups is 2. The zero-order chi connectivity index (χ0) is 27.7. The Hall–Kier alpha value is -2.73. The van der Waals surface area contributed by atoms with Crippen LogP contribution in [0.25, 0.3) is 10.4 Å². The molecule has 38 heavy (non-hydrogen) atoms. The van der Waals surface area contributed by atoms with Crippen LogP contribution in [0.1, 0.15) is 85.2 Å². The predicted octanol–water partition coefficient (Wildman–Crippen LogP) is 4.95. The van der Waals surface area contributed by atoms with Crippen LogP contribution in [0.4, 0.5) is 19.0 Å². The van der Waals surface area contributed by atoms with Gasteiger partial charge in [0, 0.05) is 37.4 Å². The number of carbonyl (C=O) groups excluding carboxylic acids is 2. The number of pyridine rings is 1. The lowest BCUT2D eigenvalue weighted by molar-refractivity contribution is -0.137. The van der Waals surface area contributed by atoms with Crippen molar-refractivity contribution >= 4 is 29.0 Å². The van der Waals surface area contributed by atoms with Gasteiger partial charge in [0.1, 0.15) is 11.5 Å². The van der Waals surface area contributed by atoms with Crippen LogP contribution in [0.3, 0.4) is 0 Å². The second-order valence-corrected chi connectivity index (χ2v) is 11.8. The Morgan fingerprint density at radius 3 is 2.53 bits per heavy atom. The van der Waals surface area contributed by atoms with Gasteiger partial charge < -0.3 is 20.6 Å². The third kappa shape index (κ3) is 6.63. The number of thiazole rings is 1. The fraction of sp³-hybridized carbons (Fsp3) is 0.615. The normalized spacial score (nSPS) is 18.4. The summed E-state index contributed by atoms with van der Waals surface area (Å²) in [7, 11) is 0. The van der Waals surface area contributed by atoms with Gasteiger partial charge in [0.05, 0.1) is 16.0 Å². The molecule has 1 aliphatic heterocycles. The Morgan fingerprint density at radius 1 is 1.21 bits per heavy atom. The van der Waals surface area contributed by atoms with Gasteiger partial charge in [-0.2, -0.15) is 13.2 Å². The van der Waals surface area contributed by atoms with Crippen LogP contribution in [0.5, 0.6) is 0 Å². The van der Waals surface area contributed by atoms with E-state index in [0.29, 0.717) is 30.3 Å². The van der Waals surface area contributed by atoms with Crippen LogP contribution >= 0.6 is 11.3 Å². The minimum atomic E-state index is -4.72. The molecular formula is C26H34F3N5O3S. The molecule has 1 saturated heterocycles. The fourth-order valence-corrected chi connectivity index (χ4v) is 5.64. The molecule has 0 spiro atoms. The van der Waals surface area contributed by atoms with E-state index < -0.39 is 29.2 Å². The summed E-state index contributed by atoms with van der Waals surface area (Å²) in [6.45, 7) is 5.79. The predicted molar refractivity (Wildman–Crippen MR) is 139 cm³/mol. The molecule has 2 aromatic heterocycles. The van der Waals surface area contributed by atoms with Gasteiger partial charge in [-0.1, -0.05) is 19.3 Å². The topological polar surface area (TPSA) is 107 Å². The van der Waals surface area contributed by atoms with Crippen molar-refractivity contribution < 1.29 is 27.9 Å². The zero-order valence-corrected chi connectivity index (χ0v) is 22.6. The molecule has 0 bridgehead atoms. The summed E-state index contributed by atoms with van der Waals surface area (Å²) in [5, 5.41) is 15.3. The smallest absolute Gasteiger partial charge is 0.389 e. The number of aliphatic hydroxyl groups is 1. The number of aromatic nitrogens is 2. The molecule has 1 saturated carbocycles. The van der Waals surface area contributed by atoms with E-state index in [-0.39, 0.29) is 39.5 Å². The third-order valence-electron chi connectivity index (χ3n) is 7.06. The highest BCUT2D eigenvalue weighted by Gasteiger charge is 2.38. The largest absolute Gasteiger partial charge is 0.417 e. The molecule has 0 radical (unpaired) electrons. The molecule has 0 aromatic carbocycles. The Labute approximate surface area is 224 Å².